The van der Waals surface area contributed by atoms with Crippen LogP contribution in [0.3, 0.4) is 0 Å². The number of fused-ring (bicyclic) bond motifs is 1. The van der Waals surface area contributed by atoms with Gasteiger partial charge in [0.1, 0.15) is 0 Å². The van der Waals surface area contributed by atoms with Crippen molar-refractivity contribution in [3.63, 3.8) is 0 Å². The van der Waals surface area contributed by atoms with Gasteiger partial charge in [0.15, 0.2) is 17.8 Å². The Balaban J connectivity index is 2.09. The maximum absolute atomic E-state index is 13.5. The molecule has 0 unspecified atom stereocenters. The van der Waals surface area contributed by atoms with Crippen LogP contribution in [0.25, 0.3) is 11.3 Å². The van der Waals surface area contributed by atoms with Crippen molar-refractivity contribution in [3.8, 4) is 17.5 Å². The highest BCUT2D eigenvalue weighted by Gasteiger charge is 2.25. The molecule has 0 amide bonds. The van der Waals surface area contributed by atoms with E-state index in [0.717, 1.165) is 12.1 Å². The van der Waals surface area contributed by atoms with Gasteiger partial charge in [0.25, 0.3) is 0 Å². The molecule has 23 heavy (non-hydrogen) atoms. The summed E-state index contributed by atoms with van der Waals surface area (Å²) in [7, 11) is 0. The molecular weight excluding hydrogens is 304 g/mol. The van der Waals surface area contributed by atoms with Gasteiger partial charge in [0.2, 0.25) is 5.95 Å². The summed E-state index contributed by atoms with van der Waals surface area (Å²) in [6, 6.07) is 3.55. The normalized spacial score (nSPS) is 12.9. The van der Waals surface area contributed by atoms with Crippen molar-refractivity contribution in [2.45, 2.75) is 13.1 Å². The molecule has 118 valence electrons. The number of nitrogens with one attached hydrogen (secondary N) is 1. The summed E-state index contributed by atoms with van der Waals surface area (Å²) in [4.78, 5) is 10.2. The molecule has 0 saturated heterocycles. The lowest BCUT2D eigenvalue weighted by molar-refractivity contribution is 0.311. The summed E-state index contributed by atoms with van der Waals surface area (Å²) in [5.41, 5.74) is 2.23. The first-order chi connectivity index (χ1) is 11.1. The topological polar surface area (TPSA) is 85.1 Å². The molecule has 1 aliphatic rings. The molecule has 3 rings (SSSR count). The van der Waals surface area contributed by atoms with Gasteiger partial charge in [-0.3, -0.25) is 0 Å². The minimum absolute atomic E-state index is 0.0920. The average molecular weight is 317 g/mol. The van der Waals surface area contributed by atoms with Gasteiger partial charge in [0.05, 0.1) is 31.1 Å². The largest absolute Gasteiger partial charge is 0.395 e. The predicted octanol–water partition coefficient (Wildman–Crippen LogP) is 1.62. The number of nitriles is 1. The third kappa shape index (κ3) is 2.91. The molecule has 2 N–H and O–H groups in total. The Morgan fingerprint density at radius 1 is 1.26 bits per heavy atom. The van der Waals surface area contributed by atoms with Gasteiger partial charge >= 0.3 is 0 Å². The summed E-state index contributed by atoms with van der Waals surface area (Å²) >= 11 is 0. The summed E-state index contributed by atoms with van der Waals surface area (Å²) < 4.78 is 26.7. The summed E-state index contributed by atoms with van der Waals surface area (Å²) in [5.74, 6) is -1.62. The van der Waals surface area contributed by atoms with Crippen LogP contribution in [0, 0.1) is 23.1 Å². The molecule has 0 aliphatic carbocycles. The highest BCUT2D eigenvalue weighted by Crippen LogP contribution is 2.31. The number of hydrogen-bond acceptors (Lipinski definition) is 6. The summed E-state index contributed by atoms with van der Waals surface area (Å²) in [6.07, 6.45) is 2.04. The minimum Gasteiger partial charge on any atom is -0.395 e. The maximum Gasteiger partial charge on any atom is 0.223 e. The molecule has 6 nitrogen and oxygen atoms in total. The zero-order valence-corrected chi connectivity index (χ0v) is 12.1. The van der Waals surface area contributed by atoms with Gasteiger partial charge in [-0.1, -0.05) is 0 Å². The number of aromatic nitrogens is 2. The fourth-order valence-corrected chi connectivity index (χ4v) is 2.45. The average Bonchev–Trinajstić information content (AvgIpc) is 2.98. The van der Waals surface area contributed by atoms with Gasteiger partial charge in [-0.25, -0.2) is 18.7 Å². The Kier molecular flexibility index (Phi) is 4.04. The van der Waals surface area contributed by atoms with Crippen molar-refractivity contribution < 1.29 is 13.9 Å². The van der Waals surface area contributed by atoms with Crippen molar-refractivity contribution in [2.75, 3.05) is 18.5 Å². The van der Waals surface area contributed by atoms with Crippen molar-refractivity contribution >= 4 is 5.95 Å². The van der Waals surface area contributed by atoms with Gasteiger partial charge in [0, 0.05) is 17.7 Å². The standard InChI is InChI=1S/C15H13F2N5O/c16-11-2-1-9(5-12(11)17)14-10-6-22(8-18)7-13(10)20-15(21-14)19-3-4-23/h1-2,5,23H,3-4,6-7H2,(H,19,20,21). The Labute approximate surface area is 131 Å². The number of rotatable bonds is 4. The zero-order valence-electron chi connectivity index (χ0n) is 12.1. The first-order valence-electron chi connectivity index (χ1n) is 6.97. The third-order valence-electron chi connectivity index (χ3n) is 3.51. The summed E-state index contributed by atoms with van der Waals surface area (Å²) in [6.45, 7) is 0.822. The zero-order chi connectivity index (χ0) is 16.4. The minimum atomic E-state index is -0.963. The monoisotopic (exact) mass is 317 g/mol. The molecule has 2 aromatic rings. The lowest BCUT2D eigenvalue weighted by atomic mass is 10.1. The first kappa shape index (κ1) is 15.1. The number of nitrogens with zero attached hydrogens (tertiary/aromatic N) is 4. The van der Waals surface area contributed by atoms with Gasteiger partial charge in [-0.2, -0.15) is 5.26 Å². The van der Waals surface area contributed by atoms with Crippen LogP contribution in [0.4, 0.5) is 14.7 Å². The van der Waals surface area contributed by atoms with Gasteiger partial charge in [-0.15, -0.1) is 0 Å². The molecule has 8 heteroatoms. The quantitative estimate of drug-likeness (QED) is 0.834. The second kappa shape index (κ2) is 6.14. The van der Waals surface area contributed by atoms with Crippen molar-refractivity contribution in [1.82, 2.24) is 14.9 Å². The fourth-order valence-electron chi connectivity index (χ4n) is 2.45. The molecule has 0 atom stereocenters. The maximum atomic E-state index is 13.5. The lowest BCUT2D eigenvalue weighted by Crippen LogP contribution is -2.11. The molecule has 1 aliphatic heterocycles. The second-order valence-corrected chi connectivity index (χ2v) is 5.06. The molecule has 1 aromatic carbocycles. The van der Waals surface area contributed by atoms with E-state index in [1.54, 1.807) is 0 Å². The first-order valence-corrected chi connectivity index (χ1v) is 6.97. The molecule has 0 radical (unpaired) electrons. The molecule has 0 spiro atoms. The number of benzene rings is 1. The van der Waals surface area contributed by atoms with E-state index < -0.39 is 11.6 Å². The van der Waals surface area contributed by atoms with Crippen LogP contribution in [0.2, 0.25) is 0 Å². The molecule has 0 fully saturated rings. The van der Waals surface area contributed by atoms with Crippen molar-refractivity contribution in [2.24, 2.45) is 0 Å². The molecular formula is C15H13F2N5O. The van der Waals surface area contributed by atoms with E-state index in [9.17, 15) is 8.78 Å². The molecule has 2 heterocycles. The second-order valence-electron chi connectivity index (χ2n) is 5.06. The van der Waals surface area contributed by atoms with Crippen LogP contribution in [-0.4, -0.2) is 33.1 Å². The fraction of sp³-hybridized carbons (Fsp3) is 0.267. The number of halogens is 2. The van der Waals surface area contributed by atoms with Crippen LogP contribution >= 0.6 is 0 Å². The predicted molar refractivity (Wildman–Crippen MR) is 77.8 cm³/mol. The Morgan fingerprint density at radius 3 is 2.78 bits per heavy atom. The lowest BCUT2D eigenvalue weighted by Gasteiger charge is -2.10. The highest BCUT2D eigenvalue weighted by atomic mass is 19.2. The molecule has 1 aromatic heterocycles. The SMILES string of the molecule is N#CN1Cc2nc(NCCO)nc(-c3ccc(F)c(F)c3)c2C1. The molecule has 0 bridgehead atoms. The summed E-state index contributed by atoms with van der Waals surface area (Å²) in [5, 5.41) is 20.8. The van der Waals surface area contributed by atoms with Crippen LogP contribution in [0.5, 0.6) is 0 Å². The smallest absolute Gasteiger partial charge is 0.223 e. The van der Waals surface area contributed by atoms with E-state index in [1.165, 1.54) is 11.0 Å². The van der Waals surface area contributed by atoms with Gasteiger partial charge in [-0.05, 0) is 18.2 Å². The van der Waals surface area contributed by atoms with E-state index in [0.29, 0.717) is 35.6 Å². The highest BCUT2D eigenvalue weighted by molar-refractivity contribution is 5.66. The Morgan fingerprint density at radius 2 is 2.09 bits per heavy atom. The van der Waals surface area contributed by atoms with Gasteiger partial charge < -0.3 is 15.3 Å². The van der Waals surface area contributed by atoms with E-state index in [2.05, 4.69) is 15.3 Å². The van der Waals surface area contributed by atoms with Crippen LogP contribution in [0.1, 0.15) is 11.3 Å². The molecule has 0 saturated carbocycles. The van der Waals surface area contributed by atoms with Crippen LogP contribution in [-0.2, 0) is 13.1 Å². The van der Waals surface area contributed by atoms with E-state index in [1.807, 2.05) is 6.19 Å². The number of hydrogen-bond donors (Lipinski definition) is 2. The van der Waals surface area contributed by atoms with Crippen LogP contribution < -0.4 is 5.32 Å². The van der Waals surface area contributed by atoms with Crippen molar-refractivity contribution in [1.29, 1.82) is 5.26 Å². The number of anilines is 1. The van der Waals surface area contributed by atoms with Crippen LogP contribution in [0.15, 0.2) is 18.2 Å². The Hall–Kier alpha value is -2.79. The van der Waals surface area contributed by atoms with E-state index in [4.69, 9.17) is 10.4 Å². The van der Waals surface area contributed by atoms with E-state index in [-0.39, 0.29) is 19.1 Å². The van der Waals surface area contributed by atoms with Crippen molar-refractivity contribution in [3.05, 3.63) is 41.1 Å². The third-order valence-corrected chi connectivity index (χ3v) is 3.51. The number of aliphatic hydroxyl groups is 1. The van der Waals surface area contributed by atoms with E-state index >= 15 is 0 Å². The number of aliphatic hydroxyl groups excluding tert-OH is 1. The Bertz CT molecular complexity index is 790.